The third-order valence-electron chi connectivity index (χ3n) is 6.44. The monoisotopic (exact) mass is 478 g/mol. The fraction of sp³-hybridized carbons (Fsp3) is 0.241. The molecule has 36 heavy (non-hydrogen) atoms. The summed E-state index contributed by atoms with van der Waals surface area (Å²) in [5, 5.41) is 13.6. The van der Waals surface area contributed by atoms with Gasteiger partial charge in [-0.2, -0.15) is 0 Å². The lowest BCUT2D eigenvalue weighted by molar-refractivity contribution is 0.235. The number of rotatable bonds is 9. The van der Waals surface area contributed by atoms with E-state index in [1.807, 2.05) is 54.1 Å². The van der Waals surface area contributed by atoms with Crippen molar-refractivity contribution in [3.8, 4) is 0 Å². The van der Waals surface area contributed by atoms with Crippen LogP contribution < -0.4 is 5.56 Å². The minimum Gasteiger partial charge on any atom is -0.321 e. The Hall–Kier alpha value is -4.10. The average molecular weight is 479 g/mol. The molecule has 0 amide bonds. The molecule has 0 aliphatic heterocycles. The normalized spacial score (nSPS) is 11.4. The number of nitrogens with one attached hydrogen (secondary N) is 1. The summed E-state index contributed by atoms with van der Waals surface area (Å²) in [6.07, 6.45) is 0.848. The number of hydrogen-bond acceptors (Lipinski definition) is 5. The maximum atomic E-state index is 13.1. The number of pyridine rings is 1. The molecule has 5 rings (SSSR count). The number of nitrogens with zero attached hydrogens (tertiary/aromatic N) is 5. The highest BCUT2D eigenvalue weighted by molar-refractivity contribution is 5.82. The second-order valence-corrected chi connectivity index (χ2v) is 9.35. The van der Waals surface area contributed by atoms with Crippen molar-refractivity contribution < 1.29 is 0 Å². The number of fused-ring (bicyclic) bond motifs is 1. The topological polar surface area (TPSA) is 79.7 Å². The van der Waals surface area contributed by atoms with Crippen LogP contribution in [0.4, 0.5) is 0 Å². The molecule has 182 valence electrons. The van der Waals surface area contributed by atoms with Crippen molar-refractivity contribution >= 4 is 10.9 Å². The summed E-state index contributed by atoms with van der Waals surface area (Å²) in [6.45, 7) is 6.49. The molecule has 0 bridgehead atoms. The summed E-state index contributed by atoms with van der Waals surface area (Å²) in [5.41, 5.74) is 6.24. The van der Waals surface area contributed by atoms with Gasteiger partial charge in [-0.15, -0.1) is 5.10 Å². The van der Waals surface area contributed by atoms with Crippen LogP contribution in [0.3, 0.4) is 0 Å². The van der Waals surface area contributed by atoms with Gasteiger partial charge in [0.05, 0.1) is 12.1 Å². The molecule has 0 atom stereocenters. The molecular formula is C29H30N6O. The first-order valence-electron chi connectivity index (χ1n) is 12.2. The van der Waals surface area contributed by atoms with Crippen LogP contribution in [-0.2, 0) is 32.6 Å². The molecule has 0 unspecified atom stereocenters. The van der Waals surface area contributed by atoms with Crippen molar-refractivity contribution in [1.29, 1.82) is 0 Å². The van der Waals surface area contributed by atoms with Crippen LogP contribution in [0.1, 0.15) is 33.6 Å². The molecule has 0 aliphatic rings. The van der Waals surface area contributed by atoms with Crippen LogP contribution in [0.2, 0.25) is 0 Å². The summed E-state index contributed by atoms with van der Waals surface area (Å²) >= 11 is 0. The van der Waals surface area contributed by atoms with Crippen molar-refractivity contribution in [1.82, 2.24) is 30.1 Å². The molecule has 7 nitrogen and oxygen atoms in total. The SMILES string of the molecule is Cc1cc(C)c2[nH]c(=O)c(CN(Cc3ccccc3)Cc3nnnn3CCc3ccccc3)cc2c1. The van der Waals surface area contributed by atoms with Gasteiger partial charge in [-0.1, -0.05) is 72.3 Å². The van der Waals surface area contributed by atoms with E-state index in [0.717, 1.165) is 34.3 Å². The van der Waals surface area contributed by atoms with Crippen LogP contribution in [0, 0.1) is 13.8 Å². The van der Waals surface area contributed by atoms with Crippen molar-refractivity contribution in [2.24, 2.45) is 0 Å². The van der Waals surface area contributed by atoms with E-state index < -0.39 is 0 Å². The Kier molecular flexibility index (Phi) is 7.00. The summed E-state index contributed by atoms with van der Waals surface area (Å²) < 4.78 is 1.86. The van der Waals surface area contributed by atoms with Crippen molar-refractivity contribution in [2.45, 2.75) is 46.4 Å². The lowest BCUT2D eigenvalue weighted by Gasteiger charge is -2.22. The molecule has 0 spiro atoms. The van der Waals surface area contributed by atoms with E-state index in [4.69, 9.17) is 0 Å². The second kappa shape index (κ2) is 10.7. The maximum absolute atomic E-state index is 13.1. The molecule has 0 saturated carbocycles. The zero-order valence-electron chi connectivity index (χ0n) is 20.7. The Morgan fingerprint density at radius 1 is 0.861 bits per heavy atom. The van der Waals surface area contributed by atoms with Gasteiger partial charge >= 0.3 is 0 Å². The highest BCUT2D eigenvalue weighted by Crippen LogP contribution is 2.19. The minimum absolute atomic E-state index is 0.0591. The summed E-state index contributed by atoms with van der Waals surface area (Å²) in [6, 6.07) is 26.8. The fourth-order valence-electron chi connectivity index (χ4n) is 4.69. The first kappa shape index (κ1) is 23.6. The summed E-state index contributed by atoms with van der Waals surface area (Å²) in [7, 11) is 0. The molecule has 5 aromatic rings. The molecule has 7 heteroatoms. The highest BCUT2D eigenvalue weighted by Gasteiger charge is 2.16. The molecule has 0 saturated heterocycles. The Bertz CT molecular complexity index is 1510. The smallest absolute Gasteiger partial charge is 0.252 e. The quantitative estimate of drug-likeness (QED) is 0.336. The van der Waals surface area contributed by atoms with E-state index >= 15 is 0 Å². The molecule has 0 aliphatic carbocycles. The van der Waals surface area contributed by atoms with E-state index in [-0.39, 0.29) is 5.56 Å². The van der Waals surface area contributed by atoms with E-state index in [0.29, 0.717) is 26.2 Å². The van der Waals surface area contributed by atoms with Crippen LogP contribution in [0.15, 0.2) is 83.7 Å². The van der Waals surface area contributed by atoms with Crippen molar-refractivity contribution in [3.63, 3.8) is 0 Å². The van der Waals surface area contributed by atoms with Gasteiger partial charge < -0.3 is 4.98 Å². The maximum Gasteiger partial charge on any atom is 0.252 e. The molecule has 2 heterocycles. The minimum atomic E-state index is -0.0591. The molecule has 0 fully saturated rings. The van der Waals surface area contributed by atoms with Gasteiger partial charge in [-0.05, 0) is 64.9 Å². The number of aromatic nitrogens is 5. The van der Waals surface area contributed by atoms with Crippen LogP contribution >= 0.6 is 0 Å². The highest BCUT2D eigenvalue weighted by atomic mass is 16.1. The number of tetrazole rings is 1. The van der Waals surface area contributed by atoms with E-state index in [2.05, 4.69) is 68.7 Å². The lowest BCUT2D eigenvalue weighted by atomic mass is 10.0. The number of benzene rings is 3. The largest absolute Gasteiger partial charge is 0.321 e. The predicted octanol–water partition coefficient (Wildman–Crippen LogP) is 4.58. The number of H-pyrrole nitrogens is 1. The van der Waals surface area contributed by atoms with Gasteiger partial charge in [0.15, 0.2) is 5.82 Å². The summed E-state index contributed by atoms with van der Waals surface area (Å²) in [5.74, 6) is 0.783. The fourth-order valence-corrected chi connectivity index (χ4v) is 4.69. The zero-order valence-corrected chi connectivity index (χ0v) is 20.7. The first-order valence-corrected chi connectivity index (χ1v) is 12.2. The molecule has 3 aromatic carbocycles. The standard InChI is InChI=1S/C29H30N6O/c1-21-15-22(2)28-25(16-21)17-26(29(36)30-28)19-34(18-24-11-7-4-8-12-24)20-27-31-32-33-35(27)14-13-23-9-5-3-6-10-23/h3-12,15-17H,13-14,18-20H2,1-2H3,(H,30,36). The Morgan fingerprint density at radius 3 is 2.33 bits per heavy atom. The Labute approximate surface area is 210 Å². The third-order valence-corrected chi connectivity index (χ3v) is 6.44. The molecule has 2 aromatic heterocycles. The lowest BCUT2D eigenvalue weighted by Crippen LogP contribution is -2.28. The number of aromatic amines is 1. The van der Waals surface area contributed by atoms with Gasteiger partial charge in [-0.25, -0.2) is 4.68 Å². The van der Waals surface area contributed by atoms with Gasteiger partial charge in [0.2, 0.25) is 0 Å². The van der Waals surface area contributed by atoms with Crippen LogP contribution in [0.25, 0.3) is 10.9 Å². The number of aryl methyl sites for hydroxylation is 4. The van der Waals surface area contributed by atoms with Crippen molar-refractivity contribution in [2.75, 3.05) is 0 Å². The predicted molar refractivity (Wildman–Crippen MR) is 141 cm³/mol. The Morgan fingerprint density at radius 2 is 1.58 bits per heavy atom. The first-order chi connectivity index (χ1) is 17.5. The molecule has 0 radical (unpaired) electrons. The van der Waals surface area contributed by atoms with Crippen LogP contribution in [0.5, 0.6) is 0 Å². The molecule has 1 N–H and O–H groups in total. The van der Waals surface area contributed by atoms with E-state index in [1.54, 1.807) is 0 Å². The van der Waals surface area contributed by atoms with Crippen molar-refractivity contribution in [3.05, 3.63) is 123 Å². The van der Waals surface area contributed by atoms with E-state index in [9.17, 15) is 4.79 Å². The second-order valence-electron chi connectivity index (χ2n) is 9.35. The molecular weight excluding hydrogens is 448 g/mol. The number of hydrogen-bond donors (Lipinski definition) is 1. The van der Waals surface area contributed by atoms with E-state index in [1.165, 1.54) is 16.7 Å². The zero-order chi connectivity index (χ0) is 24.9. The average Bonchev–Trinajstić information content (AvgIpc) is 3.32. The van der Waals surface area contributed by atoms with Gasteiger partial charge in [0, 0.05) is 25.2 Å². The third kappa shape index (κ3) is 5.58. The summed E-state index contributed by atoms with van der Waals surface area (Å²) in [4.78, 5) is 18.4. The van der Waals surface area contributed by atoms with Gasteiger partial charge in [0.1, 0.15) is 0 Å². The van der Waals surface area contributed by atoms with Gasteiger partial charge in [-0.3, -0.25) is 9.69 Å². The van der Waals surface area contributed by atoms with Gasteiger partial charge in [0.25, 0.3) is 5.56 Å². The van der Waals surface area contributed by atoms with Crippen LogP contribution in [-0.4, -0.2) is 30.1 Å². The Balaban J connectivity index is 1.41.